The number of aromatic carboxylic acids is 1. The fraction of sp³-hybridized carbons (Fsp3) is 0.120. The van der Waals surface area contributed by atoms with Crippen LogP contribution in [0.2, 0.25) is 0 Å². The van der Waals surface area contributed by atoms with Crippen LogP contribution < -0.4 is 5.01 Å². The summed E-state index contributed by atoms with van der Waals surface area (Å²) in [5.41, 5.74) is 2.34. The number of esters is 1. The summed E-state index contributed by atoms with van der Waals surface area (Å²) in [5, 5.41) is 14.6. The number of benzene rings is 2. The molecule has 0 radical (unpaired) electrons. The number of carbonyl (C=O) groups excluding carboxylic acids is 2. The van der Waals surface area contributed by atoms with Crippen molar-refractivity contribution >= 4 is 35.3 Å². The third kappa shape index (κ3) is 4.45. The van der Waals surface area contributed by atoms with E-state index in [-0.39, 0.29) is 12.2 Å². The predicted octanol–water partition coefficient (Wildman–Crippen LogP) is 4.63. The number of nitrogens with zero attached hydrogens (tertiary/aromatic N) is 2. The third-order valence-electron chi connectivity index (χ3n) is 4.97. The van der Waals surface area contributed by atoms with Gasteiger partial charge in [0, 0.05) is 5.56 Å². The van der Waals surface area contributed by atoms with E-state index in [0.717, 1.165) is 0 Å². The van der Waals surface area contributed by atoms with Crippen molar-refractivity contribution in [1.29, 1.82) is 0 Å². The molecule has 0 atom stereocenters. The maximum absolute atomic E-state index is 13.0. The van der Waals surface area contributed by atoms with Gasteiger partial charge >= 0.3 is 11.9 Å². The number of carbonyl (C=O) groups is 3. The van der Waals surface area contributed by atoms with E-state index in [9.17, 15) is 19.5 Å². The molecule has 0 unspecified atom stereocenters. The monoisotopic (exact) mass is 444 g/mol. The van der Waals surface area contributed by atoms with Crippen molar-refractivity contribution in [3.05, 3.63) is 83.1 Å². The van der Waals surface area contributed by atoms with Gasteiger partial charge in [0.25, 0.3) is 5.91 Å². The van der Waals surface area contributed by atoms with E-state index in [1.165, 1.54) is 17.1 Å². The summed E-state index contributed by atoms with van der Waals surface area (Å²) >= 11 is 0. The number of amides is 1. The first-order valence-corrected chi connectivity index (χ1v) is 10.2. The number of carboxylic acids is 1. The van der Waals surface area contributed by atoms with E-state index in [1.807, 2.05) is 6.07 Å². The van der Waals surface area contributed by atoms with E-state index in [2.05, 4.69) is 5.10 Å². The number of anilines is 1. The lowest BCUT2D eigenvalue weighted by Gasteiger charge is -2.12. The van der Waals surface area contributed by atoms with E-state index in [4.69, 9.17) is 9.15 Å². The van der Waals surface area contributed by atoms with Gasteiger partial charge < -0.3 is 14.3 Å². The zero-order chi connectivity index (χ0) is 23.5. The third-order valence-corrected chi connectivity index (χ3v) is 4.97. The minimum absolute atomic E-state index is 0.0614. The van der Waals surface area contributed by atoms with Crippen LogP contribution in [-0.4, -0.2) is 35.3 Å². The average molecular weight is 444 g/mol. The Bertz CT molecular complexity index is 1320. The lowest BCUT2D eigenvalue weighted by Crippen LogP contribution is -2.21. The molecule has 1 aliphatic rings. The van der Waals surface area contributed by atoms with E-state index in [1.54, 1.807) is 62.4 Å². The van der Waals surface area contributed by atoms with Crippen LogP contribution in [-0.2, 0) is 9.53 Å². The maximum Gasteiger partial charge on any atom is 0.338 e. The molecule has 0 spiro atoms. The molecule has 2 heterocycles. The smallest absolute Gasteiger partial charge is 0.338 e. The van der Waals surface area contributed by atoms with Crippen LogP contribution in [0, 0.1) is 0 Å². The standard InChI is InChI=1S/C25H20N2O6/c1-3-32-25(31)18-8-4-6-16(12-18)22-11-10-20(33-22)14-21-15(2)26-27(23(21)28)19-9-5-7-17(13-19)24(29)30/h4-14H,3H2,1-2H3,(H,29,30). The molecule has 0 fully saturated rings. The van der Waals surface area contributed by atoms with Crippen LogP contribution in [0.15, 0.2) is 75.8 Å². The van der Waals surface area contributed by atoms with Gasteiger partial charge in [-0.05, 0) is 62.4 Å². The number of furan rings is 1. The Morgan fingerprint density at radius 1 is 1.09 bits per heavy atom. The Morgan fingerprint density at radius 3 is 2.61 bits per heavy atom. The summed E-state index contributed by atoms with van der Waals surface area (Å²) in [6.07, 6.45) is 1.58. The highest BCUT2D eigenvalue weighted by molar-refractivity contribution is 6.32. The zero-order valence-corrected chi connectivity index (χ0v) is 17.9. The molecule has 1 N–H and O–H groups in total. The SMILES string of the molecule is CCOC(=O)c1cccc(-c2ccc(C=C3C(=O)N(c4cccc(C(=O)O)c4)N=C3C)o2)c1. The fourth-order valence-corrected chi connectivity index (χ4v) is 3.37. The van der Waals surface area contributed by atoms with Crippen LogP contribution in [0.4, 0.5) is 5.69 Å². The van der Waals surface area contributed by atoms with Crippen molar-refractivity contribution in [1.82, 2.24) is 0 Å². The van der Waals surface area contributed by atoms with Gasteiger partial charge in [0.2, 0.25) is 0 Å². The quantitative estimate of drug-likeness (QED) is 0.439. The molecule has 4 rings (SSSR count). The molecule has 8 nitrogen and oxygen atoms in total. The predicted molar refractivity (Wildman–Crippen MR) is 122 cm³/mol. The topological polar surface area (TPSA) is 109 Å². The Labute approximate surface area is 189 Å². The molecule has 0 saturated carbocycles. The summed E-state index contributed by atoms with van der Waals surface area (Å²) in [5.74, 6) is -0.930. The second-order valence-corrected chi connectivity index (χ2v) is 7.22. The van der Waals surface area contributed by atoms with Crippen LogP contribution in [0.5, 0.6) is 0 Å². The molecule has 33 heavy (non-hydrogen) atoms. The van der Waals surface area contributed by atoms with Gasteiger partial charge in [-0.2, -0.15) is 10.1 Å². The summed E-state index contributed by atoms with van der Waals surface area (Å²) in [7, 11) is 0. The van der Waals surface area contributed by atoms with Gasteiger partial charge in [0.1, 0.15) is 11.5 Å². The van der Waals surface area contributed by atoms with Crippen molar-refractivity contribution in [2.45, 2.75) is 13.8 Å². The molecule has 1 aliphatic heterocycles. The summed E-state index contributed by atoms with van der Waals surface area (Å²) in [6, 6.07) is 16.4. The summed E-state index contributed by atoms with van der Waals surface area (Å²) in [6.45, 7) is 3.72. The number of hydrogen-bond acceptors (Lipinski definition) is 6. The highest BCUT2D eigenvalue weighted by atomic mass is 16.5. The molecule has 2 aromatic carbocycles. The first-order valence-electron chi connectivity index (χ1n) is 10.2. The van der Waals surface area contributed by atoms with Gasteiger partial charge in [-0.3, -0.25) is 4.79 Å². The Hall–Kier alpha value is -4.46. The largest absolute Gasteiger partial charge is 0.478 e. The highest BCUT2D eigenvalue weighted by Crippen LogP contribution is 2.28. The molecular formula is C25H20N2O6. The lowest BCUT2D eigenvalue weighted by molar-refractivity contribution is -0.114. The Morgan fingerprint density at radius 2 is 1.85 bits per heavy atom. The molecule has 3 aromatic rings. The van der Waals surface area contributed by atoms with Crippen molar-refractivity contribution in [3.8, 4) is 11.3 Å². The molecule has 1 amide bonds. The number of carboxylic acid groups (broad SMARTS) is 1. The molecule has 0 aliphatic carbocycles. The second-order valence-electron chi connectivity index (χ2n) is 7.22. The van der Waals surface area contributed by atoms with Gasteiger partial charge in [0.05, 0.1) is 34.7 Å². The van der Waals surface area contributed by atoms with Crippen LogP contribution in [0.1, 0.15) is 40.3 Å². The fourth-order valence-electron chi connectivity index (χ4n) is 3.37. The van der Waals surface area contributed by atoms with E-state index in [0.29, 0.717) is 39.6 Å². The average Bonchev–Trinajstić information content (AvgIpc) is 3.40. The van der Waals surface area contributed by atoms with Crippen molar-refractivity contribution in [2.75, 3.05) is 11.6 Å². The summed E-state index contributed by atoms with van der Waals surface area (Å²) in [4.78, 5) is 36.2. The van der Waals surface area contributed by atoms with Gasteiger partial charge in [-0.15, -0.1) is 0 Å². The minimum Gasteiger partial charge on any atom is -0.478 e. The number of ether oxygens (including phenoxy) is 1. The molecule has 8 heteroatoms. The van der Waals surface area contributed by atoms with Crippen molar-refractivity contribution < 1.29 is 28.6 Å². The molecule has 1 aromatic heterocycles. The number of hydrazone groups is 1. The van der Waals surface area contributed by atoms with Crippen molar-refractivity contribution in [3.63, 3.8) is 0 Å². The van der Waals surface area contributed by atoms with Crippen LogP contribution in [0.25, 0.3) is 17.4 Å². The molecule has 0 bridgehead atoms. The first-order chi connectivity index (χ1) is 15.9. The molecule has 166 valence electrons. The zero-order valence-electron chi connectivity index (χ0n) is 17.9. The number of hydrogen-bond donors (Lipinski definition) is 1. The molecule has 0 saturated heterocycles. The van der Waals surface area contributed by atoms with Crippen LogP contribution in [0.3, 0.4) is 0 Å². The van der Waals surface area contributed by atoms with Gasteiger partial charge in [-0.25, -0.2) is 9.59 Å². The van der Waals surface area contributed by atoms with Crippen LogP contribution >= 0.6 is 0 Å². The maximum atomic E-state index is 13.0. The first kappa shape index (κ1) is 21.8. The van der Waals surface area contributed by atoms with E-state index < -0.39 is 17.8 Å². The van der Waals surface area contributed by atoms with Gasteiger partial charge in [0.15, 0.2) is 0 Å². The minimum atomic E-state index is -1.09. The van der Waals surface area contributed by atoms with Gasteiger partial charge in [-0.1, -0.05) is 18.2 Å². The summed E-state index contributed by atoms with van der Waals surface area (Å²) < 4.78 is 10.9. The number of rotatable bonds is 6. The lowest BCUT2D eigenvalue weighted by atomic mass is 10.1. The van der Waals surface area contributed by atoms with Crippen molar-refractivity contribution in [2.24, 2.45) is 5.10 Å². The Balaban J connectivity index is 1.59. The molecular weight excluding hydrogens is 424 g/mol. The second kappa shape index (κ2) is 8.96. The normalized spacial score (nSPS) is 14.5. The van der Waals surface area contributed by atoms with E-state index >= 15 is 0 Å². The highest BCUT2D eigenvalue weighted by Gasteiger charge is 2.29. The Kier molecular flexibility index (Phi) is 5.91.